The van der Waals surface area contributed by atoms with Crippen molar-refractivity contribution in [3.05, 3.63) is 76.4 Å². The molecule has 2 aromatic carbocycles. The summed E-state index contributed by atoms with van der Waals surface area (Å²) in [6, 6.07) is 15.4. The Bertz CT molecular complexity index is 1040. The quantitative estimate of drug-likeness (QED) is 0.531. The van der Waals surface area contributed by atoms with Gasteiger partial charge in [0.05, 0.1) is 23.9 Å². The third kappa shape index (κ3) is 2.09. The maximum atomic E-state index is 11.8. The molecule has 0 bridgehead atoms. The first kappa shape index (κ1) is 12.8. The van der Waals surface area contributed by atoms with Gasteiger partial charge in [-0.05, 0) is 36.8 Å². The van der Waals surface area contributed by atoms with E-state index in [1.807, 2.05) is 54.0 Å². The normalized spacial score (nSPS) is 11.3. The molecule has 0 saturated carbocycles. The number of fused-ring (bicyclic) bond motifs is 2. The maximum Gasteiger partial charge on any atom is 0.336 e. The molecule has 4 heteroatoms. The molecule has 4 aromatic rings. The summed E-state index contributed by atoms with van der Waals surface area (Å²) in [4.78, 5) is 16.2. The van der Waals surface area contributed by atoms with Crippen molar-refractivity contribution in [1.29, 1.82) is 0 Å². The standard InChI is InChI=1S/C18H14N2O2/c1-12-6-7-17-14(8-12)13(9-18(21)22-17)10-20-11-19-15-4-2-3-5-16(15)20/h2-9,11H,10H2,1H3. The highest BCUT2D eigenvalue weighted by Crippen LogP contribution is 2.21. The first-order valence-corrected chi connectivity index (χ1v) is 7.14. The van der Waals surface area contributed by atoms with Gasteiger partial charge in [-0.15, -0.1) is 0 Å². The third-order valence-electron chi connectivity index (χ3n) is 3.85. The van der Waals surface area contributed by atoms with Crippen LogP contribution < -0.4 is 5.63 Å². The summed E-state index contributed by atoms with van der Waals surface area (Å²) in [6.45, 7) is 2.62. The van der Waals surface area contributed by atoms with Crippen LogP contribution in [0.3, 0.4) is 0 Å². The molecule has 108 valence electrons. The Balaban J connectivity index is 1.91. The molecule has 0 unspecified atom stereocenters. The number of hydrogen-bond acceptors (Lipinski definition) is 3. The Labute approximate surface area is 126 Å². The Hall–Kier alpha value is -2.88. The molecule has 0 amide bonds. The van der Waals surface area contributed by atoms with E-state index in [9.17, 15) is 4.79 Å². The SMILES string of the molecule is Cc1ccc2oc(=O)cc(Cn3cnc4ccccc43)c2c1. The number of aryl methyl sites for hydroxylation is 1. The zero-order valence-corrected chi connectivity index (χ0v) is 12.1. The van der Waals surface area contributed by atoms with Crippen LogP contribution in [0, 0.1) is 6.92 Å². The summed E-state index contributed by atoms with van der Waals surface area (Å²) in [5.74, 6) is 0. The van der Waals surface area contributed by atoms with Gasteiger partial charge in [-0.25, -0.2) is 9.78 Å². The number of nitrogens with zero attached hydrogens (tertiary/aromatic N) is 2. The van der Waals surface area contributed by atoms with Crippen molar-refractivity contribution < 1.29 is 4.42 Å². The van der Waals surface area contributed by atoms with Crippen LogP contribution in [-0.4, -0.2) is 9.55 Å². The fraction of sp³-hybridized carbons (Fsp3) is 0.111. The summed E-state index contributed by atoms with van der Waals surface area (Å²) >= 11 is 0. The second-order valence-electron chi connectivity index (χ2n) is 5.45. The second kappa shape index (κ2) is 4.84. The van der Waals surface area contributed by atoms with Crippen LogP contribution in [-0.2, 0) is 6.54 Å². The highest BCUT2D eigenvalue weighted by atomic mass is 16.4. The summed E-state index contributed by atoms with van der Waals surface area (Å²) in [5, 5.41) is 0.970. The lowest BCUT2D eigenvalue weighted by Gasteiger charge is -2.08. The molecule has 0 aliphatic rings. The smallest absolute Gasteiger partial charge is 0.336 e. The molecule has 2 aromatic heterocycles. The van der Waals surface area contributed by atoms with Crippen molar-refractivity contribution in [2.75, 3.05) is 0 Å². The topological polar surface area (TPSA) is 48.0 Å². The molecule has 0 N–H and O–H groups in total. The Morgan fingerprint density at radius 1 is 1.14 bits per heavy atom. The van der Waals surface area contributed by atoms with E-state index in [4.69, 9.17) is 4.42 Å². The lowest BCUT2D eigenvalue weighted by molar-refractivity contribution is 0.558. The monoisotopic (exact) mass is 290 g/mol. The van der Waals surface area contributed by atoms with Crippen molar-refractivity contribution in [3.63, 3.8) is 0 Å². The molecule has 2 heterocycles. The minimum atomic E-state index is -0.323. The minimum Gasteiger partial charge on any atom is -0.423 e. The second-order valence-corrected chi connectivity index (χ2v) is 5.45. The average molecular weight is 290 g/mol. The summed E-state index contributed by atoms with van der Waals surface area (Å²) < 4.78 is 7.33. The third-order valence-corrected chi connectivity index (χ3v) is 3.85. The summed E-state index contributed by atoms with van der Waals surface area (Å²) in [6.07, 6.45) is 1.81. The van der Waals surface area contributed by atoms with Gasteiger partial charge >= 0.3 is 5.63 Å². The lowest BCUT2D eigenvalue weighted by atomic mass is 10.1. The molecule has 0 aliphatic heterocycles. The number of hydrogen-bond donors (Lipinski definition) is 0. The van der Waals surface area contributed by atoms with Gasteiger partial charge < -0.3 is 8.98 Å². The molecular formula is C18H14N2O2. The number of para-hydroxylation sites is 2. The predicted octanol–water partition coefficient (Wildman–Crippen LogP) is 3.50. The zero-order valence-electron chi connectivity index (χ0n) is 12.1. The van der Waals surface area contributed by atoms with Crippen LogP contribution in [0.4, 0.5) is 0 Å². The number of aromatic nitrogens is 2. The molecule has 4 nitrogen and oxygen atoms in total. The minimum absolute atomic E-state index is 0.323. The molecule has 0 aliphatic carbocycles. The van der Waals surface area contributed by atoms with Gasteiger partial charge in [-0.1, -0.05) is 23.8 Å². The molecule has 0 atom stereocenters. The van der Waals surface area contributed by atoms with Gasteiger partial charge in [0.15, 0.2) is 0 Å². The highest BCUT2D eigenvalue weighted by Gasteiger charge is 2.08. The van der Waals surface area contributed by atoms with Gasteiger partial charge in [-0.2, -0.15) is 0 Å². The van der Waals surface area contributed by atoms with Gasteiger partial charge in [0, 0.05) is 11.5 Å². The van der Waals surface area contributed by atoms with Crippen LogP contribution in [0.1, 0.15) is 11.1 Å². The van der Waals surface area contributed by atoms with Crippen LogP contribution in [0.2, 0.25) is 0 Å². The Morgan fingerprint density at radius 3 is 2.91 bits per heavy atom. The van der Waals surface area contributed by atoms with E-state index in [0.29, 0.717) is 12.1 Å². The van der Waals surface area contributed by atoms with E-state index in [0.717, 1.165) is 27.5 Å². The predicted molar refractivity (Wildman–Crippen MR) is 86.1 cm³/mol. The molecule has 0 saturated heterocycles. The fourth-order valence-electron chi connectivity index (χ4n) is 2.79. The molecule has 0 fully saturated rings. The van der Waals surface area contributed by atoms with Crippen LogP contribution in [0.25, 0.3) is 22.0 Å². The van der Waals surface area contributed by atoms with Crippen molar-refractivity contribution in [2.45, 2.75) is 13.5 Å². The highest BCUT2D eigenvalue weighted by molar-refractivity contribution is 5.81. The van der Waals surface area contributed by atoms with Gasteiger partial charge in [0.1, 0.15) is 5.58 Å². The first-order chi connectivity index (χ1) is 10.7. The van der Waals surface area contributed by atoms with Gasteiger partial charge in [0.2, 0.25) is 0 Å². The van der Waals surface area contributed by atoms with E-state index < -0.39 is 0 Å². The summed E-state index contributed by atoms with van der Waals surface area (Å²) in [7, 11) is 0. The van der Waals surface area contributed by atoms with Crippen molar-refractivity contribution in [2.24, 2.45) is 0 Å². The first-order valence-electron chi connectivity index (χ1n) is 7.14. The average Bonchev–Trinajstić information content (AvgIpc) is 2.91. The lowest BCUT2D eigenvalue weighted by Crippen LogP contribution is -2.05. The van der Waals surface area contributed by atoms with Crippen LogP contribution in [0.5, 0.6) is 0 Å². The van der Waals surface area contributed by atoms with E-state index in [1.165, 1.54) is 0 Å². The molecule has 4 rings (SSSR count). The molecule has 0 spiro atoms. The van der Waals surface area contributed by atoms with Crippen molar-refractivity contribution in [1.82, 2.24) is 9.55 Å². The van der Waals surface area contributed by atoms with Gasteiger partial charge in [-0.3, -0.25) is 0 Å². The van der Waals surface area contributed by atoms with E-state index in [2.05, 4.69) is 4.98 Å². The van der Waals surface area contributed by atoms with Crippen molar-refractivity contribution in [3.8, 4) is 0 Å². The van der Waals surface area contributed by atoms with Gasteiger partial charge in [0.25, 0.3) is 0 Å². The van der Waals surface area contributed by atoms with E-state index >= 15 is 0 Å². The number of imidazole rings is 1. The zero-order chi connectivity index (χ0) is 15.1. The Morgan fingerprint density at radius 2 is 2.00 bits per heavy atom. The Kier molecular flexibility index (Phi) is 2.82. The fourth-order valence-corrected chi connectivity index (χ4v) is 2.79. The van der Waals surface area contributed by atoms with Crippen molar-refractivity contribution >= 4 is 22.0 Å². The van der Waals surface area contributed by atoms with E-state index in [-0.39, 0.29) is 5.63 Å². The number of rotatable bonds is 2. The van der Waals surface area contributed by atoms with Crippen LogP contribution in [0.15, 0.2) is 64.1 Å². The number of benzene rings is 2. The summed E-state index contributed by atoms with van der Waals surface area (Å²) in [5.41, 5.74) is 4.38. The largest absolute Gasteiger partial charge is 0.423 e. The maximum absolute atomic E-state index is 11.8. The molecule has 0 radical (unpaired) electrons. The molecular weight excluding hydrogens is 276 g/mol. The van der Waals surface area contributed by atoms with E-state index in [1.54, 1.807) is 12.4 Å². The van der Waals surface area contributed by atoms with Crippen LogP contribution >= 0.6 is 0 Å². The molecule has 22 heavy (non-hydrogen) atoms.